The Bertz CT molecular complexity index is 1070. The maximum Gasteiger partial charge on any atom is 0.316 e. The topological polar surface area (TPSA) is 46.6 Å². The second-order valence-corrected chi connectivity index (χ2v) is 8.97. The highest BCUT2D eigenvalue weighted by Gasteiger charge is 2.38. The monoisotopic (exact) mass is 427 g/mol. The van der Waals surface area contributed by atoms with Gasteiger partial charge < -0.3 is 9.64 Å². The maximum absolute atomic E-state index is 12.8. The molecule has 1 fully saturated rings. The van der Waals surface area contributed by atoms with Gasteiger partial charge in [0.25, 0.3) is 0 Å². The summed E-state index contributed by atoms with van der Waals surface area (Å²) in [6.07, 6.45) is 0.190. The molecule has 0 aliphatic carbocycles. The summed E-state index contributed by atoms with van der Waals surface area (Å²) in [5.74, 6) is -0.307. The Morgan fingerprint density at radius 2 is 1.47 bits per heavy atom. The van der Waals surface area contributed by atoms with Crippen molar-refractivity contribution in [3.8, 4) is 5.75 Å². The molecule has 3 aromatic rings. The molecule has 0 aromatic heterocycles. The summed E-state index contributed by atoms with van der Waals surface area (Å²) in [5.41, 5.74) is 3.27. The molecule has 4 heteroatoms. The fraction of sp³-hybridized carbons (Fsp3) is 0.286. The number of hydrogen-bond donors (Lipinski definition) is 0. The molecule has 32 heavy (non-hydrogen) atoms. The van der Waals surface area contributed by atoms with Crippen molar-refractivity contribution in [3.05, 3.63) is 102 Å². The van der Waals surface area contributed by atoms with Gasteiger partial charge in [0.05, 0.1) is 12.0 Å². The van der Waals surface area contributed by atoms with Crippen LogP contribution >= 0.6 is 0 Å². The predicted molar refractivity (Wildman–Crippen MR) is 125 cm³/mol. The summed E-state index contributed by atoms with van der Waals surface area (Å²) in [5, 5.41) is 0. The Hall–Kier alpha value is -3.40. The number of ether oxygens (including phenoxy) is 1. The molecule has 4 rings (SSSR count). The zero-order valence-electron chi connectivity index (χ0n) is 18.8. The number of benzene rings is 3. The Kier molecular flexibility index (Phi) is 6.13. The van der Waals surface area contributed by atoms with Crippen LogP contribution < -0.4 is 4.74 Å². The molecule has 0 unspecified atom stereocenters. The van der Waals surface area contributed by atoms with Gasteiger partial charge in [-0.1, -0.05) is 86.6 Å². The molecular formula is C28H29NO3. The van der Waals surface area contributed by atoms with E-state index < -0.39 is 5.92 Å². The average molecular weight is 428 g/mol. The van der Waals surface area contributed by atoms with Crippen LogP contribution in [0.1, 0.15) is 49.9 Å². The second kappa shape index (κ2) is 8.99. The van der Waals surface area contributed by atoms with Gasteiger partial charge in [-0.25, -0.2) is 0 Å². The number of nitrogens with zero attached hydrogens (tertiary/aromatic N) is 1. The molecule has 1 amide bonds. The van der Waals surface area contributed by atoms with Crippen LogP contribution in [0.25, 0.3) is 0 Å². The molecule has 1 aliphatic rings. The van der Waals surface area contributed by atoms with Crippen LogP contribution in [0, 0.1) is 5.92 Å². The molecule has 0 N–H and O–H groups in total. The first kappa shape index (κ1) is 21.8. The number of carbonyl (C=O) groups excluding carboxylic acids is 2. The molecular weight excluding hydrogens is 398 g/mol. The van der Waals surface area contributed by atoms with Crippen molar-refractivity contribution in [2.24, 2.45) is 5.92 Å². The molecule has 3 aromatic carbocycles. The van der Waals surface area contributed by atoms with Crippen LogP contribution in [0.5, 0.6) is 5.75 Å². The number of hydrogen-bond acceptors (Lipinski definition) is 3. The third-order valence-corrected chi connectivity index (χ3v) is 6.53. The summed E-state index contributed by atoms with van der Waals surface area (Å²) in [6.45, 7) is 6.73. The fourth-order valence-corrected chi connectivity index (χ4v) is 4.34. The Balaban J connectivity index is 1.41. The van der Waals surface area contributed by atoms with Gasteiger partial charge in [-0.05, 0) is 35.7 Å². The van der Waals surface area contributed by atoms with Crippen LogP contribution in [0.2, 0.25) is 0 Å². The van der Waals surface area contributed by atoms with Gasteiger partial charge in [-0.3, -0.25) is 9.59 Å². The van der Waals surface area contributed by atoms with Crippen molar-refractivity contribution < 1.29 is 14.3 Å². The van der Waals surface area contributed by atoms with Crippen molar-refractivity contribution >= 4 is 11.9 Å². The number of rotatable bonds is 6. The fourth-order valence-electron chi connectivity index (χ4n) is 4.34. The van der Waals surface area contributed by atoms with E-state index in [0.29, 0.717) is 12.3 Å². The third-order valence-electron chi connectivity index (χ3n) is 6.53. The SMILES string of the molecule is C[C@H](c1ccccc1)N1C[C@H](C(=O)Oc2ccc(C(C)(C)c3ccccc3)cc2)CC1=O. The molecule has 0 spiro atoms. The predicted octanol–water partition coefficient (Wildman–Crippen LogP) is 5.53. The first-order valence-corrected chi connectivity index (χ1v) is 11.1. The number of carbonyl (C=O) groups is 2. The van der Waals surface area contributed by atoms with E-state index >= 15 is 0 Å². The van der Waals surface area contributed by atoms with E-state index in [4.69, 9.17) is 4.74 Å². The first-order valence-electron chi connectivity index (χ1n) is 11.1. The van der Waals surface area contributed by atoms with Crippen molar-refractivity contribution in [1.82, 2.24) is 4.90 Å². The van der Waals surface area contributed by atoms with Gasteiger partial charge in [-0.2, -0.15) is 0 Å². The van der Waals surface area contributed by atoms with E-state index in [9.17, 15) is 9.59 Å². The van der Waals surface area contributed by atoms with Crippen molar-refractivity contribution in [2.75, 3.05) is 6.54 Å². The van der Waals surface area contributed by atoms with E-state index in [1.165, 1.54) is 5.56 Å². The van der Waals surface area contributed by atoms with E-state index in [-0.39, 0.29) is 29.8 Å². The quantitative estimate of drug-likeness (QED) is 0.384. The smallest absolute Gasteiger partial charge is 0.316 e. The number of likely N-dealkylation sites (tertiary alicyclic amines) is 1. The van der Waals surface area contributed by atoms with Gasteiger partial charge >= 0.3 is 5.97 Å². The van der Waals surface area contributed by atoms with Gasteiger partial charge in [0.1, 0.15) is 5.75 Å². The Labute approximate surface area is 189 Å². The molecule has 1 aliphatic heterocycles. The summed E-state index contributed by atoms with van der Waals surface area (Å²) >= 11 is 0. The Morgan fingerprint density at radius 1 is 0.906 bits per heavy atom. The first-order chi connectivity index (χ1) is 15.4. The Morgan fingerprint density at radius 3 is 2.09 bits per heavy atom. The summed E-state index contributed by atoms with van der Waals surface area (Å²) in [7, 11) is 0. The highest BCUT2D eigenvalue weighted by molar-refractivity contribution is 5.88. The summed E-state index contributed by atoms with van der Waals surface area (Å²) in [6, 6.07) is 27.8. The summed E-state index contributed by atoms with van der Waals surface area (Å²) < 4.78 is 5.64. The lowest BCUT2D eigenvalue weighted by molar-refractivity contribution is -0.139. The van der Waals surface area contributed by atoms with Crippen molar-refractivity contribution in [2.45, 2.75) is 38.6 Å². The van der Waals surface area contributed by atoms with Crippen LogP contribution in [0.4, 0.5) is 0 Å². The lowest BCUT2D eigenvalue weighted by atomic mass is 9.78. The zero-order chi connectivity index (χ0) is 22.7. The van der Waals surface area contributed by atoms with Gasteiger partial charge in [0.2, 0.25) is 5.91 Å². The molecule has 4 nitrogen and oxygen atoms in total. The number of esters is 1. The summed E-state index contributed by atoms with van der Waals surface area (Å²) in [4.78, 5) is 27.1. The minimum Gasteiger partial charge on any atom is -0.426 e. The zero-order valence-corrected chi connectivity index (χ0v) is 18.8. The van der Waals surface area contributed by atoms with Crippen LogP contribution in [0.3, 0.4) is 0 Å². The van der Waals surface area contributed by atoms with Gasteiger partial charge in [-0.15, -0.1) is 0 Å². The maximum atomic E-state index is 12.8. The second-order valence-electron chi connectivity index (χ2n) is 8.97. The standard InChI is InChI=1S/C28H29NO3/c1-20(21-10-6-4-7-11-21)29-19-22(18-26(29)30)27(31)32-25-16-14-24(15-17-25)28(2,3)23-12-8-5-9-13-23/h4-17,20,22H,18-19H2,1-3H3/t20-,22-/m1/s1. The van der Waals surface area contributed by atoms with Crippen LogP contribution in [-0.2, 0) is 15.0 Å². The van der Waals surface area contributed by atoms with E-state index in [2.05, 4.69) is 26.0 Å². The molecule has 1 heterocycles. The van der Waals surface area contributed by atoms with Gasteiger partial charge in [0, 0.05) is 18.4 Å². The highest BCUT2D eigenvalue weighted by atomic mass is 16.5. The molecule has 0 radical (unpaired) electrons. The van der Waals surface area contributed by atoms with E-state index in [0.717, 1.165) is 11.1 Å². The third kappa shape index (κ3) is 4.45. The minimum absolute atomic E-state index is 0.0109. The van der Waals surface area contributed by atoms with Gasteiger partial charge in [0.15, 0.2) is 0 Å². The number of amides is 1. The van der Waals surface area contributed by atoms with Crippen molar-refractivity contribution in [1.29, 1.82) is 0 Å². The highest BCUT2D eigenvalue weighted by Crippen LogP contribution is 2.33. The lowest BCUT2D eigenvalue weighted by Crippen LogP contribution is -2.30. The molecule has 0 bridgehead atoms. The van der Waals surface area contributed by atoms with Crippen LogP contribution in [0.15, 0.2) is 84.9 Å². The van der Waals surface area contributed by atoms with E-state index in [1.54, 1.807) is 4.90 Å². The lowest BCUT2D eigenvalue weighted by Gasteiger charge is -2.26. The molecule has 2 atom stereocenters. The minimum atomic E-state index is -0.450. The molecule has 0 saturated carbocycles. The average Bonchev–Trinajstić information content (AvgIpc) is 3.22. The van der Waals surface area contributed by atoms with E-state index in [1.807, 2.05) is 79.7 Å². The largest absolute Gasteiger partial charge is 0.426 e. The van der Waals surface area contributed by atoms with Crippen LogP contribution in [-0.4, -0.2) is 23.3 Å². The van der Waals surface area contributed by atoms with Crippen molar-refractivity contribution in [3.63, 3.8) is 0 Å². The molecule has 164 valence electrons. The normalized spacial score (nSPS) is 17.3. The molecule has 1 saturated heterocycles.